The molecule has 1 atom stereocenters. The quantitative estimate of drug-likeness (QED) is 0.774. The van der Waals surface area contributed by atoms with Gasteiger partial charge in [-0.3, -0.25) is 0 Å². The van der Waals surface area contributed by atoms with Crippen molar-refractivity contribution in [2.45, 2.75) is 25.4 Å². The first-order valence-electron chi connectivity index (χ1n) is 7.36. The molecule has 0 heterocycles. The number of allylic oxidation sites excluding steroid dienone is 1. The molecule has 2 aromatic carbocycles. The molecule has 2 aromatic rings. The Labute approximate surface area is 125 Å². The lowest BCUT2D eigenvalue weighted by molar-refractivity contribution is 0.0389. The van der Waals surface area contributed by atoms with E-state index in [1.165, 1.54) is 0 Å². The van der Waals surface area contributed by atoms with Crippen molar-refractivity contribution < 1.29 is 9.53 Å². The zero-order valence-corrected chi connectivity index (χ0v) is 11.9. The fraction of sp³-hybridized carbons (Fsp3) is 0.211. The van der Waals surface area contributed by atoms with Crippen molar-refractivity contribution in [3.8, 4) is 0 Å². The maximum absolute atomic E-state index is 12.2. The molecule has 0 saturated heterocycles. The van der Waals surface area contributed by atoms with Crippen LogP contribution in [0.5, 0.6) is 0 Å². The summed E-state index contributed by atoms with van der Waals surface area (Å²) in [6, 6.07) is 19.3. The molecule has 3 rings (SSSR count). The number of benzene rings is 2. The molecule has 106 valence electrons. The van der Waals surface area contributed by atoms with Gasteiger partial charge in [0.1, 0.15) is 6.10 Å². The highest BCUT2D eigenvalue weighted by Crippen LogP contribution is 2.30. The van der Waals surface area contributed by atoms with Gasteiger partial charge in [-0.25, -0.2) is 4.79 Å². The predicted molar refractivity (Wildman–Crippen MR) is 83.9 cm³/mol. The Balaban J connectivity index is 1.79. The van der Waals surface area contributed by atoms with Gasteiger partial charge in [0, 0.05) is 0 Å². The third-order valence-corrected chi connectivity index (χ3v) is 3.75. The zero-order chi connectivity index (χ0) is 14.5. The summed E-state index contributed by atoms with van der Waals surface area (Å²) in [5.41, 5.74) is 2.88. The molecule has 0 bridgehead atoms. The smallest absolute Gasteiger partial charge is 0.338 e. The largest absolute Gasteiger partial charge is 0.454 e. The molecule has 1 unspecified atom stereocenters. The number of hydrogen-bond acceptors (Lipinski definition) is 2. The summed E-state index contributed by atoms with van der Waals surface area (Å²) in [6.07, 6.45) is 5.04. The van der Waals surface area contributed by atoms with Crippen LogP contribution in [0.3, 0.4) is 0 Å². The van der Waals surface area contributed by atoms with Gasteiger partial charge in [0.25, 0.3) is 0 Å². The molecule has 0 amide bonds. The van der Waals surface area contributed by atoms with Crippen LogP contribution >= 0.6 is 0 Å². The van der Waals surface area contributed by atoms with Crippen LogP contribution in [0.1, 0.15) is 35.2 Å². The van der Waals surface area contributed by atoms with Crippen LogP contribution in [0, 0.1) is 0 Å². The summed E-state index contributed by atoms with van der Waals surface area (Å²) in [5, 5.41) is 0. The van der Waals surface area contributed by atoms with E-state index < -0.39 is 0 Å². The highest BCUT2D eigenvalue weighted by Gasteiger charge is 2.23. The van der Waals surface area contributed by atoms with Crippen LogP contribution in [0.4, 0.5) is 0 Å². The number of hydrogen-bond donors (Lipinski definition) is 0. The molecule has 0 radical (unpaired) electrons. The third kappa shape index (κ3) is 3.22. The molecular weight excluding hydrogens is 260 g/mol. The van der Waals surface area contributed by atoms with Gasteiger partial charge in [0.15, 0.2) is 0 Å². The van der Waals surface area contributed by atoms with Crippen molar-refractivity contribution in [3.63, 3.8) is 0 Å². The van der Waals surface area contributed by atoms with E-state index in [1.807, 2.05) is 36.4 Å². The SMILES string of the molecule is O=C(OC1CCCC=C1c1ccccc1)c1ccccc1. The van der Waals surface area contributed by atoms with Crippen molar-refractivity contribution in [2.75, 3.05) is 0 Å². The van der Waals surface area contributed by atoms with Crippen molar-refractivity contribution >= 4 is 11.5 Å². The lowest BCUT2D eigenvalue weighted by Gasteiger charge is -2.24. The minimum absolute atomic E-state index is 0.145. The summed E-state index contributed by atoms with van der Waals surface area (Å²) in [5.74, 6) is -0.246. The van der Waals surface area contributed by atoms with Gasteiger partial charge in [-0.05, 0) is 42.5 Å². The van der Waals surface area contributed by atoms with E-state index in [0.29, 0.717) is 5.56 Å². The van der Waals surface area contributed by atoms with E-state index in [2.05, 4.69) is 18.2 Å². The summed E-state index contributed by atoms with van der Waals surface area (Å²) in [6.45, 7) is 0. The zero-order valence-electron chi connectivity index (χ0n) is 11.9. The third-order valence-electron chi connectivity index (χ3n) is 3.75. The first-order valence-corrected chi connectivity index (χ1v) is 7.36. The van der Waals surface area contributed by atoms with Gasteiger partial charge in [-0.2, -0.15) is 0 Å². The Hall–Kier alpha value is -2.35. The standard InChI is InChI=1S/C19H18O2/c20-19(16-11-5-2-6-12-16)21-18-14-8-7-13-17(18)15-9-3-1-4-10-15/h1-6,9-13,18H,7-8,14H2. The summed E-state index contributed by atoms with van der Waals surface area (Å²) >= 11 is 0. The highest BCUT2D eigenvalue weighted by molar-refractivity contribution is 5.90. The Bertz CT molecular complexity index is 629. The lowest BCUT2D eigenvalue weighted by Crippen LogP contribution is -2.22. The maximum Gasteiger partial charge on any atom is 0.338 e. The van der Waals surface area contributed by atoms with Crippen LogP contribution < -0.4 is 0 Å². The highest BCUT2D eigenvalue weighted by atomic mass is 16.5. The minimum Gasteiger partial charge on any atom is -0.454 e. The van der Waals surface area contributed by atoms with E-state index >= 15 is 0 Å². The number of carbonyl (C=O) groups is 1. The van der Waals surface area contributed by atoms with E-state index in [4.69, 9.17) is 4.74 Å². The second-order valence-electron chi connectivity index (χ2n) is 5.22. The predicted octanol–water partition coefficient (Wildman–Crippen LogP) is 4.48. The van der Waals surface area contributed by atoms with Crippen molar-refractivity contribution in [3.05, 3.63) is 77.9 Å². The van der Waals surface area contributed by atoms with Crippen LogP contribution in [0.15, 0.2) is 66.7 Å². The van der Waals surface area contributed by atoms with Crippen molar-refractivity contribution in [1.82, 2.24) is 0 Å². The Morgan fingerprint density at radius 1 is 0.952 bits per heavy atom. The second kappa shape index (κ2) is 6.40. The minimum atomic E-state index is -0.246. The molecule has 2 heteroatoms. The number of ether oxygens (including phenoxy) is 1. The molecule has 0 saturated carbocycles. The van der Waals surface area contributed by atoms with E-state index in [9.17, 15) is 4.79 Å². The first kappa shape index (κ1) is 13.6. The maximum atomic E-state index is 12.2. The summed E-state index contributed by atoms with van der Waals surface area (Å²) < 4.78 is 5.74. The van der Waals surface area contributed by atoms with Crippen molar-refractivity contribution in [2.24, 2.45) is 0 Å². The van der Waals surface area contributed by atoms with Gasteiger partial charge in [-0.15, -0.1) is 0 Å². The topological polar surface area (TPSA) is 26.3 Å². The number of rotatable bonds is 3. The van der Waals surface area contributed by atoms with Crippen LogP contribution in [-0.4, -0.2) is 12.1 Å². The van der Waals surface area contributed by atoms with Crippen LogP contribution in [0.25, 0.3) is 5.57 Å². The molecule has 21 heavy (non-hydrogen) atoms. The molecule has 0 aliphatic heterocycles. The fourth-order valence-electron chi connectivity index (χ4n) is 2.68. The van der Waals surface area contributed by atoms with Crippen LogP contribution in [0.2, 0.25) is 0 Å². The Morgan fingerprint density at radius 2 is 1.62 bits per heavy atom. The number of esters is 1. The van der Waals surface area contributed by atoms with Gasteiger partial charge >= 0.3 is 5.97 Å². The molecule has 0 fully saturated rings. The number of carbonyl (C=O) groups excluding carboxylic acids is 1. The average molecular weight is 278 g/mol. The molecule has 0 spiro atoms. The van der Waals surface area contributed by atoms with Gasteiger partial charge < -0.3 is 4.74 Å². The van der Waals surface area contributed by atoms with Gasteiger partial charge in [-0.1, -0.05) is 54.6 Å². The average Bonchev–Trinajstić information content (AvgIpc) is 2.57. The van der Waals surface area contributed by atoms with E-state index in [0.717, 1.165) is 30.4 Å². The van der Waals surface area contributed by atoms with Crippen LogP contribution in [-0.2, 0) is 4.74 Å². The molecular formula is C19H18O2. The van der Waals surface area contributed by atoms with Crippen molar-refractivity contribution in [1.29, 1.82) is 0 Å². The molecule has 1 aliphatic rings. The monoisotopic (exact) mass is 278 g/mol. The second-order valence-corrected chi connectivity index (χ2v) is 5.22. The Morgan fingerprint density at radius 3 is 2.33 bits per heavy atom. The van der Waals surface area contributed by atoms with E-state index in [1.54, 1.807) is 12.1 Å². The molecule has 0 N–H and O–H groups in total. The molecule has 2 nitrogen and oxygen atoms in total. The summed E-state index contributed by atoms with van der Waals surface area (Å²) in [4.78, 5) is 12.2. The van der Waals surface area contributed by atoms with Gasteiger partial charge in [0.2, 0.25) is 0 Å². The Kier molecular flexibility index (Phi) is 4.15. The first-order chi connectivity index (χ1) is 10.3. The molecule has 1 aliphatic carbocycles. The van der Waals surface area contributed by atoms with E-state index in [-0.39, 0.29) is 12.1 Å². The lowest BCUT2D eigenvalue weighted by atomic mass is 9.91. The van der Waals surface area contributed by atoms with Gasteiger partial charge in [0.05, 0.1) is 5.56 Å². The summed E-state index contributed by atoms with van der Waals surface area (Å²) in [7, 11) is 0. The fourth-order valence-corrected chi connectivity index (χ4v) is 2.68. The normalized spacial score (nSPS) is 17.9. The molecule has 0 aromatic heterocycles.